The number of fused-ring (bicyclic) bond motifs is 4. The Labute approximate surface area is 197 Å². The van der Waals surface area contributed by atoms with Crippen LogP contribution in [0.25, 0.3) is 0 Å². The number of esters is 1. The molecule has 4 heterocycles. The van der Waals surface area contributed by atoms with E-state index >= 15 is 0 Å². The van der Waals surface area contributed by atoms with Crippen LogP contribution in [0.15, 0.2) is 24.3 Å². The molecule has 2 bridgehead atoms. The highest BCUT2D eigenvalue weighted by molar-refractivity contribution is 7.81. The fourth-order valence-corrected chi connectivity index (χ4v) is 4.09. The van der Waals surface area contributed by atoms with Crippen LogP contribution in [0, 0.1) is 10.1 Å². The number of nitrogens with zero attached hydrogens (tertiary/aromatic N) is 4. The topological polar surface area (TPSA) is 125 Å². The summed E-state index contributed by atoms with van der Waals surface area (Å²) in [6.45, 7) is 4.18. The molecule has 0 radical (unpaired) electrons. The molecule has 1 aromatic rings. The van der Waals surface area contributed by atoms with Gasteiger partial charge in [-0.1, -0.05) is 0 Å². The highest BCUT2D eigenvalue weighted by Gasteiger charge is 2.33. The number of nitrogens with one attached hydrogen (secondary N) is 1. The number of benzene rings is 1. The first-order chi connectivity index (χ1) is 15.7. The summed E-state index contributed by atoms with van der Waals surface area (Å²) in [5.74, 6) is -0.359. The second-order valence-electron chi connectivity index (χ2n) is 8.40. The number of piperazine rings is 1. The molecule has 0 saturated carbocycles. The molecular weight excluding hydrogens is 450 g/mol. The summed E-state index contributed by atoms with van der Waals surface area (Å²) in [7, 11) is 3.53. The summed E-state index contributed by atoms with van der Waals surface area (Å²) in [5, 5.41) is 14.0. The van der Waals surface area contributed by atoms with Crippen LogP contribution < -0.4 is 5.32 Å². The van der Waals surface area contributed by atoms with Gasteiger partial charge < -0.3 is 19.9 Å². The lowest BCUT2D eigenvalue weighted by Crippen LogP contribution is -2.54. The van der Waals surface area contributed by atoms with E-state index in [1.54, 1.807) is 19.0 Å². The molecule has 5 rings (SSSR count). The number of carbonyl (C=O) groups is 3. The number of rotatable bonds is 4. The Kier molecular flexibility index (Phi) is 8.27. The SMILES string of the molecule is CN(C)C(=O)CN1CCN(C(=O)C2CC(S)CN2)CC1.O=C1OC([N+](=O)[O-])c2ccc1cc2. The molecule has 0 aliphatic carbocycles. The minimum absolute atomic E-state index is 0.0764. The lowest BCUT2D eigenvalue weighted by molar-refractivity contribution is -0.574. The van der Waals surface area contributed by atoms with Gasteiger partial charge in [0.15, 0.2) is 0 Å². The fourth-order valence-electron chi connectivity index (χ4n) is 3.77. The van der Waals surface area contributed by atoms with Crippen molar-refractivity contribution >= 4 is 30.4 Å². The zero-order valence-electron chi connectivity index (χ0n) is 18.7. The molecule has 3 unspecified atom stereocenters. The van der Waals surface area contributed by atoms with Gasteiger partial charge in [-0.25, -0.2) is 4.79 Å². The summed E-state index contributed by atoms with van der Waals surface area (Å²) in [4.78, 5) is 50.5. The number of ether oxygens (including phenoxy) is 1. The fraction of sp³-hybridized carbons (Fsp3) is 0.571. The standard InChI is InChI=1S/C13H24N4O2S.C8H5NO4/c1-15(2)12(18)9-16-3-5-17(6-4-16)13(19)11-7-10(20)8-14-11;10-8-6-3-1-5(2-4-6)7(13-8)9(11)12/h10-11,14,20H,3-9H2,1-2H3;1-4,7H. The maximum atomic E-state index is 12.3. The zero-order chi connectivity index (χ0) is 24.1. The van der Waals surface area contributed by atoms with E-state index in [1.807, 2.05) is 4.90 Å². The van der Waals surface area contributed by atoms with Crippen molar-refractivity contribution in [2.75, 3.05) is 53.4 Å². The Morgan fingerprint density at radius 1 is 1.21 bits per heavy atom. The molecule has 2 fully saturated rings. The Bertz CT molecular complexity index is 888. The van der Waals surface area contributed by atoms with Crippen molar-refractivity contribution in [1.82, 2.24) is 20.0 Å². The smallest absolute Gasteiger partial charge is 0.383 e. The molecule has 1 aromatic carbocycles. The lowest BCUT2D eigenvalue weighted by Gasteiger charge is -2.35. The molecule has 4 aliphatic rings. The van der Waals surface area contributed by atoms with E-state index in [-0.39, 0.29) is 23.1 Å². The maximum Gasteiger partial charge on any atom is 0.383 e. The van der Waals surface area contributed by atoms with Gasteiger partial charge in [-0.15, -0.1) is 0 Å². The molecule has 4 aliphatic heterocycles. The van der Waals surface area contributed by atoms with E-state index in [0.717, 1.165) is 26.1 Å². The monoisotopic (exact) mass is 479 g/mol. The van der Waals surface area contributed by atoms with Gasteiger partial charge >= 0.3 is 12.2 Å². The van der Waals surface area contributed by atoms with Crippen LogP contribution in [0.5, 0.6) is 0 Å². The largest absolute Gasteiger partial charge is 0.390 e. The third-order valence-electron chi connectivity index (χ3n) is 5.79. The van der Waals surface area contributed by atoms with Crippen LogP contribution in [0.3, 0.4) is 0 Å². The average Bonchev–Trinajstić information content (AvgIpc) is 3.09. The second kappa shape index (κ2) is 10.9. The number of hydrogen-bond acceptors (Lipinski definition) is 9. The predicted molar refractivity (Wildman–Crippen MR) is 122 cm³/mol. The Morgan fingerprint density at radius 3 is 2.36 bits per heavy atom. The molecular formula is C21H29N5O6S. The van der Waals surface area contributed by atoms with Gasteiger partial charge in [-0.2, -0.15) is 12.6 Å². The number of thiol groups is 1. The first kappa shape index (κ1) is 24.9. The number of hydrogen-bond donors (Lipinski definition) is 2. The quantitative estimate of drug-likeness (QED) is 0.268. The molecule has 12 heteroatoms. The Hall–Kier alpha value is -2.70. The third-order valence-corrected chi connectivity index (χ3v) is 6.18. The molecule has 0 spiro atoms. The molecule has 11 nitrogen and oxygen atoms in total. The number of carbonyl (C=O) groups excluding carboxylic acids is 3. The normalized spacial score (nSPS) is 24.4. The van der Waals surface area contributed by atoms with Crippen LogP contribution in [0.4, 0.5) is 0 Å². The van der Waals surface area contributed by atoms with Crippen molar-refractivity contribution < 1.29 is 24.0 Å². The van der Waals surface area contributed by atoms with Crippen molar-refractivity contribution in [2.45, 2.75) is 23.9 Å². The Balaban J connectivity index is 0.000000203. The van der Waals surface area contributed by atoms with Crippen molar-refractivity contribution in [2.24, 2.45) is 0 Å². The van der Waals surface area contributed by atoms with Gasteiger partial charge in [0.05, 0.1) is 28.6 Å². The molecule has 3 atom stereocenters. The minimum atomic E-state index is -1.36. The van der Waals surface area contributed by atoms with Crippen molar-refractivity contribution in [1.29, 1.82) is 0 Å². The maximum absolute atomic E-state index is 12.3. The van der Waals surface area contributed by atoms with Crippen LogP contribution in [0.1, 0.15) is 28.6 Å². The summed E-state index contributed by atoms with van der Waals surface area (Å²) in [5.41, 5.74) is 0.729. The predicted octanol–water partition coefficient (Wildman–Crippen LogP) is 0.0114. The summed E-state index contributed by atoms with van der Waals surface area (Å²) >= 11 is 4.40. The van der Waals surface area contributed by atoms with Crippen LogP contribution in [-0.4, -0.2) is 102 Å². The van der Waals surface area contributed by atoms with E-state index in [0.29, 0.717) is 30.8 Å². The van der Waals surface area contributed by atoms with Crippen LogP contribution >= 0.6 is 12.6 Å². The van der Waals surface area contributed by atoms with E-state index in [2.05, 4.69) is 27.6 Å². The second-order valence-corrected chi connectivity index (χ2v) is 9.14. The van der Waals surface area contributed by atoms with E-state index in [9.17, 15) is 24.5 Å². The van der Waals surface area contributed by atoms with Gasteiger partial charge in [0.2, 0.25) is 11.8 Å². The molecule has 2 saturated heterocycles. The highest BCUT2D eigenvalue weighted by atomic mass is 32.1. The number of amides is 2. The summed E-state index contributed by atoms with van der Waals surface area (Å²) in [6.07, 6.45) is -0.554. The molecule has 33 heavy (non-hydrogen) atoms. The van der Waals surface area contributed by atoms with Gasteiger partial charge in [-0.05, 0) is 30.7 Å². The number of nitro groups is 1. The van der Waals surface area contributed by atoms with Gasteiger partial charge in [-0.3, -0.25) is 24.6 Å². The van der Waals surface area contributed by atoms with Crippen LogP contribution in [-0.2, 0) is 14.3 Å². The first-order valence-electron chi connectivity index (χ1n) is 10.7. The molecule has 0 aromatic heterocycles. The van der Waals surface area contributed by atoms with E-state index < -0.39 is 17.1 Å². The van der Waals surface area contributed by atoms with Crippen molar-refractivity contribution in [3.63, 3.8) is 0 Å². The van der Waals surface area contributed by atoms with Gasteiger partial charge in [0, 0.05) is 52.1 Å². The Morgan fingerprint density at radius 2 is 1.85 bits per heavy atom. The zero-order valence-corrected chi connectivity index (χ0v) is 19.6. The van der Waals surface area contributed by atoms with Gasteiger partial charge in [0.1, 0.15) is 0 Å². The lowest BCUT2D eigenvalue weighted by atomic mass is 10.1. The average molecular weight is 480 g/mol. The first-order valence-corrected chi connectivity index (χ1v) is 11.2. The van der Waals surface area contributed by atoms with E-state index in [1.165, 1.54) is 24.3 Å². The van der Waals surface area contributed by atoms with Crippen molar-refractivity contribution in [3.05, 3.63) is 45.5 Å². The molecule has 1 N–H and O–H groups in total. The van der Waals surface area contributed by atoms with E-state index in [4.69, 9.17) is 0 Å². The van der Waals surface area contributed by atoms with Gasteiger partial charge in [0.25, 0.3) is 0 Å². The molecule has 180 valence electrons. The summed E-state index contributed by atoms with van der Waals surface area (Å²) in [6, 6.07) is 6.00. The highest BCUT2D eigenvalue weighted by Crippen LogP contribution is 2.24. The third kappa shape index (κ3) is 6.42. The minimum Gasteiger partial charge on any atom is -0.390 e. The number of likely N-dealkylation sites (N-methyl/N-ethyl adjacent to an activating group) is 1. The van der Waals surface area contributed by atoms with Crippen molar-refractivity contribution in [3.8, 4) is 0 Å². The van der Waals surface area contributed by atoms with Crippen LogP contribution in [0.2, 0.25) is 0 Å². The summed E-state index contributed by atoms with van der Waals surface area (Å²) < 4.78 is 4.62. The molecule has 2 amide bonds.